The van der Waals surface area contributed by atoms with Gasteiger partial charge in [-0.3, -0.25) is 14.2 Å². The van der Waals surface area contributed by atoms with Gasteiger partial charge in [-0.1, -0.05) is 11.3 Å². The third kappa shape index (κ3) is 5.29. The summed E-state index contributed by atoms with van der Waals surface area (Å²) >= 11 is 1.23. The third-order valence-electron chi connectivity index (χ3n) is 7.06. The number of carbonyl (C=O) groups excluding carboxylic acids is 1. The Bertz CT molecular complexity index is 1670. The van der Waals surface area contributed by atoms with E-state index in [0.717, 1.165) is 0 Å². The molecule has 0 aliphatic carbocycles. The van der Waals surface area contributed by atoms with Crippen LogP contribution in [0.3, 0.4) is 0 Å². The summed E-state index contributed by atoms with van der Waals surface area (Å²) in [5, 5.41) is 0. The normalized spacial score (nSPS) is 14.7. The summed E-state index contributed by atoms with van der Waals surface area (Å²) < 4.78 is 29.8. The van der Waals surface area contributed by atoms with E-state index < -0.39 is 6.04 Å². The molecule has 41 heavy (non-hydrogen) atoms. The Kier molecular flexibility index (Phi) is 9.07. The van der Waals surface area contributed by atoms with Crippen LogP contribution in [0.15, 0.2) is 51.4 Å². The molecular weight excluding hydrogens is 546 g/mol. The third-order valence-corrected chi connectivity index (χ3v) is 8.04. The van der Waals surface area contributed by atoms with Crippen molar-refractivity contribution in [3.05, 3.63) is 72.4 Å². The van der Waals surface area contributed by atoms with Crippen LogP contribution in [0.4, 0.5) is 0 Å². The van der Waals surface area contributed by atoms with Gasteiger partial charge in [0.2, 0.25) is 5.75 Å². The highest BCUT2D eigenvalue weighted by Crippen LogP contribution is 2.40. The van der Waals surface area contributed by atoms with Gasteiger partial charge in [-0.2, -0.15) is 0 Å². The average Bonchev–Trinajstić information content (AvgIpc) is 3.29. The second-order valence-electron chi connectivity index (χ2n) is 9.09. The van der Waals surface area contributed by atoms with Gasteiger partial charge in [0.25, 0.3) is 11.5 Å². The second kappa shape index (κ2) is 12.5. The molecule has 0 saturated heterocycles. The van der Waals surface area contributed by atoms with Crippen LogP contribution in [-0.4, -0.2) is 64.0 Å². The molecule has 0 fully saturated rings. The van der Waals surface area contributed by atoms with E-state index in [-0.39, 0.29) is 11.5 Å². The van der Waals surface area contributed by atoms with Gasteiger partial charge in [-0.15, -0.1) is 0 Å². The summed E-state index contributed by atoms with van der Waals surface area (Å²) in [5.74, 6) is 2.25. The molecule has 1 amide bonds. The van der Waals surface area contributed by atoms with E-state index in [0.29, 0.717) is 73.6 Å². The maximum absolute atomic E-state index is 14.2. The Labute approximate surface area is 242 Å². The topological polar surface area (TPSA) is 101 Å². The minimum atomic E-state index is -0.793. The van der Waals surface area contributed by atoms with Crippen molar-refractivity contribution in [1.29, 1.82) is 0 Å². The number of ether oxygens (including phenoxy) is 5. The lowest BCUT2D eigenvalue weighted by molar-refractivity contribution is -0.127. The molecular formula is C30H35N3O7S. The second-order valence-corrected chi connectivity index (χ2v) is 10.1. The summed E-state index contributed by atoms with van der Waals surface area (Å²) in [6.45, 7) is 6.66. The molecule has 0 bridgehead atoms. The number of methoxy groups -OCH3 is 5. The van der Waals surface area contributed by atoms with Crippen molar-refractivity contribution in [2.45, 2.75) is 26.8 Å². The molecule has 218 valence electrons. The average molecular weight is 582 g/mol. The SMILES string of the molecule is CCN(CC)C(=O)C1=C(C)N=c2s/c(=C/c3ccc(OC)c(OC)c3OC)c(=O)n2[C@@H]1c1cc(OC)ccc1OC. The Morgan fingerprint density at radius 2 is 1.61 bits per heavy atom. The summed E-state index contributed by atoms with van der Waals surface area (Å²) in [6.07, 6.45) is 1.73. The van der Waals surface area contributed by atoms with Gasteiger partial charge in [0.05, 0.1) is 51.4 Å². The van der Waals surface area contributed by atoms with E-state index >= 15 is 0 Å². The Hall–Kier alpha value is -4.25. The first-order valence-corrected chi connectivity index (χ1v) is 13.9. The van der Waals surface area contributed by atoms with Crippen LogP contribution in [0.2, 0.25) is 0 Å². The van der Waals surface area contributed by atoms with Crippen LogP contribution < -0.4 is 38.6 Å². The first-order valence-electron chi connectivity index (χ1n) is 13.1. The summed E-state index contributed by atoms with van der Waals surface area (Å²) in [7, 11) is 7.72. The van der Waals surface area contributed by atoms with Gasteiger partial charge in [-0.05, 0) is 57.2 Å². The fourth-order valence-corrected chi connectivity index (χ4v) is 6.04. The highest BCUT2D eigenvalue weighted by atomic mass is 32.1. The van der Waals surface area contributed by atoms with E-state index in [4.69, 9.17) is 28.7 Å². The molecule has 2 heterocycles. The van der Waals surface area contributed by atoms with Crippen molar-refractivity contribution in [2.24, 2.45) is 4.99 Å². The highest BCUT2D eigenvalue weighted by molar-refractivity contribution is 7.07. The van der Waals surface area contributed by atoms with Crippen molar-refractivity contribution in [2.75, 3.05) is 48.6 Å². The van der Waals surface area contributed by atoms with Gasteiger partial charge in [-0.25, -0.2) is 4.99 Å². The molecule has 11 heteroatoms. The summed E-state index contributed by atoms with van der Waals surface area (Å²) in [5.41, 5.74) is 1.88. The highest BCUT2D eigenvalue weighted by Gasteiger charge is 2.36. The lowest BCUT2D eigenvalue weighted by atomic mass is 9.93. The standard InChI is InChI=1S/C30H35N3O7S/c1-9-32(10-2)29(35)24-17(3)31-30-33(25(24)20-16-19(36-4)12-14-21(20)37-5)28(34)23(41-30)15-18-11-13-22(38-6)27(40-8)26(18)39-7/h11-16,25H,9-10H2,1-8H3/b23-15+/t25-/m1/s1. The molecule has 2 aromatic carbocycles. The predicted octanol–water partition coefficient (Wildman–Crippen LogP) is 3.15. The molecule has 4 rings (SSSR count). The van der Waals surface area contributed by atoms with E-state index in [1.807, 2.05) is 13.8 Å². The van der Waals surface area contributed by atoms with E-state index in [2.05, 4.69) is 0 Å². The molecule has 3 aromatic rings. The molecule has 0 saturated carbocycles. The van der Waals surface area contributed by atoms with Gasteiger partial charge in [0.15, 0.2) is 16.3 Å². The molecule has 1 atom stereocenters. The maximum atomic E-state index is 14.2. The number of hydrogen-bond donors (Lipinski definition) is 0. The van der Waals surface area contributed by atoms with Gasteiger partial charge in [0, 0.05) is 24.2 Å². The fourth-order valence-electron chi connectivity index (χ4n) is 5.00. The predicted molar refractivity (Wildman–Crippen MR) is 157 cm³/mol. The number of likely N-dealkylation sites (N-methyl/N-ethyl adjacent to an activating group) is 1. The number of aromatic nitrogens is 1. The zero-order valence-electron chi connectivity index (χ0n) is 24.6. The van der Waals surface area contributed by atoms with Crippen LogP contribution in [0, 0.1) is 0 Å². The van der Waals surface area contributed by atoms with Gasteiger partial charge >= 0.3 is 0 Å². The van der Waals surface area contributed by atoms with Crippen LogP contribution in [-0.2, 0) is 4.79 Å². The fraction of sp³-hybridized carbons (Fsp3) is 0.367. The Balaban J connectivity index is 2.04. The van der Waals surface area contributed by atoms with Crippen molar-refractivity contribution in [3.63, 3.8) is 0 Å². The minimum absolute atomic E-state index is 0.193. The van der Waals surface area contributed by atoms with Gasteiger partial charge < -0.3 is 28.6 Å². The number of fused-ring (bicyclic) bond motifs is 1. The van der Waals surface area contributed by atoms with Crippen LogP contribution in [0.5, 0.6) is 28.7 Å². The first-order chi connectivity index (χ1) is 19.8. The molecule has 0 radical (unpaired) electrons. The Morgan fingerprint density at radius 3 is 2.20 bits per heavy atom. The van der Waals surface area contributed by atoms with E-state index in [1.165, 1.54) is 25.6 Å². The smallest absolute Gasteiger partial charge is 0.271 e. The van der Waals surface area contributed by atoms with Crippen molar-refractivity contribution < 1.29 is 28.5 Å². The Morgan fingerprint density at radius 1 is 0.951 bits per heavy atom. The number of thiazole rings is 1. The van der Waals surface area contributed by atoms with Crippen LogP contribution >= 0.6 is 11.3 Å². The minimum Gasteiger partial charge on any atom is -0.497 e. The first kappa shape index (κ1) is 29.7. The molecule has 10 nitrogen and oxygen atoms in total. The number of hydrogen-bond acceptors (Lipinski definition) is 9. The number of nitrogens with zero attached hydrogens (tertiary/aromatic N) is 3. The number of amides is 1. The van der Waals surface area contributed by atoms with E-state index in [1.54, 1.807) is 74.1 Å². The van der Waals surface area contributed by atoms with Crippen molar-refractivity contribution >= 4 is 23.3 Å². The largest absolute Gasteiger partial charge is 0.497 e. The van der Waals surface area contributed by atoms with Crippen LogP contribution in [0.1, 0.15) is 37.9 Å². The zero-order valence-corrected chi connectivity index (χ0v) is 25.4. The molecule has 0 unspecified atom stereocenters. The van der Waals surface area contributed by atoms with Crippen LogP contribution in [0.25, 0.3) is 6.08 Å². The van der Waals surface area contributed by atoms with Gasteiger partial charge in [0.1, 0.15) is 17.5 Å². The molecule has 0 spiro atoms. The number of allylic oxidation sites excluding steroid dienone is 1. The molecule has 1 aliphatic rings. The quantitative estimate of drug-likeness (QED) is 0.363. The van der Waals surface area contributed by atoms with Crippen molar-refractivity contribution in [3.8, 4) is 28.7 Å². The molecule has 1 aromatic heterocycles. The van der Waals surface area contributed by atoms with E-state index in [9.17, 15) is 9.59 Å². The zero-order chi connectivity index (χ0) is 29.8. The molecule has 1 aliphatic heterocycles. The number of carbonyl (C=O) groups is 1. The van der Waals surface area contributed by atoms with Crippen molar-refractivity contribution in [1.82, 2.24) is 9.47 Å². The maximum Gasteiger partial charge on any atom is 0.271 e. The number of benzene rings is 2. The summed E-state index contributed by atoms with van der Waals surface area (Å²) in [6, 6.07) is 8.09. The lowest BCUT2D eigenvalue weighted by Crippen LogP contribution is -2.43. The summed E-state index contributed by atoms with van der Waals surface area (Å²) in [4.78, 5) is 35.0. The monoisotopic (exact) mass is 581 g/mol. The lowest BCUT2D eigenvalue weighted by Gasteiger charge is -2.30. The molecule has 0 N–H and O–H groups in total. The number of rotatable bonds is 10.